The number of pyridine rings is 1. The molecule has 14 heteroatoms. The van der Waals surface area contributed by atoms with Gasteiger partial charge in [-0.2, -0.15) is 13.2 Å². The number of halogens is 3. The molecule has 0 fully saturated rings. The smallest absolute Gasteiger partial charge is 0.341 e. The van der Waals surface area contributed by atoms with Gasteiger partial charge >= 0.3 is 12.1 Å². The second-order valence-electron chi connectivity index (χ2n) is 7.72. The molecule has 0 spiro atoms. The molecule has 0 bridgehead atoms. The number of nitrogens with one attached hydrogen (secondary N) is 2. The second-order valence-corrected chi connectivity index (χ2v) is 7.72. The lowest BCUT2D eigenvalue weighted by molar-refractivity contribution is -0.200. The van der Waals surface area contributed by atoms with Crippen molar-refractivity contribution < 1.29 is 22.8 Å². The molecular formula is C22H14F3N9O2. The zero-order valence-corrected chi connectivity index (χ0v) is 18.3. The average Bonchev–Trinajstić information content (AvgIpc) is 3.55. The highest BCUT2D eigenvalue weighted by Gasteiger charge is 2.42. The van der Waals surface area contributed by atoms with Gasteiger partial charge in [0.25, 0.3) is 0 Å². The number of rotatable bonds is 4. The molecule has 0 aliphatic carbocycles. The van der Waals surface area contributed by atoms with Gasteiger partial charge in [0, 0.05) is 11.6 Å². The molecular weight excluding hydrogens is 479 g/mol. The van der Waals surface area contributed by atoms with Crippen molar-refractivity contribution in [2.75, 3.05) is 5.32 Å². The summed E-state index contributed by atoms with van der Waals surface area (Å²) in [7, 11) is 0. The van der Waals surface area contributed by atoms with E-state index in [0.717, 1.165) is 0 Å². The number of imidazole rings is 2. The number of H-pyrrole nitrogens is 1. The monoisotopic (exact) mass is 493 g/mol. The first-order valence-corrected chi connectivity index (χ1v) is 10.5. The summed E-state index contributed by atoms with van der Waals surface area (Å²) in [6, 6.07) is 10.3. The Kier molecular flexibility index (Phi) is 4.64. The molecule has 11 nitrogen and oxygen atoms in total. The number of fused-ring (bicyclic) bond motifs is 3. The first kappa shape index (κ1) is 21.5. The van der Waals surface area contributed by atoms with Crippen molar-refractivity contribution in [3.63, 3.8) is 0 Å². The van der Waals surface area contributed by atoms with Crippen molar-refractivity contribution in [2.24, 2.45) is 0 Å². The van der Waals surface area contributed by atoms with E-state index < -0.39 is 12.1 Å². The van der Waals surface area contributed by atoms with E-state index >= 15 is 0 Å². The predicted octanol–water partition coefficient (Wildman–Crippen LogP) is 3.59. The zero-order valence-electron chi connectivity index (χ0n) is 18.3. The Balaban J connectivity index is 1.49. The maximum atomic E-state index is 12.7. The number of hydrogen-bond acceptors (Lipinski definition) is 8. The molecule has 180 valence electrons. The summed E-state index contributed by atoms with van der Waals surface area (Å²) in [5, 5.41) is 7.43. The van der Waals surface area contributed by atoms with Crippen LogP contribution in [0.2, 0.25) is 0 Å². The lowest BCUT2D eigenvalue weighted by Crippen LogP contribution is -2.33. The van der Waals surface area contributed by atoms with Crippen molar-refractivity contribution >= 4 is 45.2 Å². The van der Waals surface area contributed by atoms with Crippen LogP contribution in [-0.4, -0.2) is 51.4 Å². The summed E-state index contributed by atoms with van der Waals surface area (Å²) in [5.41, 5.74) is 3.51. The molecule has 6 rings (SSSR count). The van der Waals surface area contributed by atoms with Crippen molar-refractivity contribution in [1.82, 2.24) is 39.3 Å². The van der Waals surface area contributed by atoms with E-state index in [1.807, 2.05) is 28.8 Å². The van der Waals surface area contributed by atoms with Gasteiger partial charge in [0.05, 0.1) is 18.2 Å². The number of aryl methyl sites for hydroxylation is 1. The molecule has 0 saturated heterocycles. The first-order chi connectivity index (χ1) is 17.3. The lowest BCUT2D eigenvalue weighted by atomic mass is 10.2. The van der Waals surface area contributed by atoms with Gasteiger partial charge in [-0.25, -0.2) is 24.7 Å². The number of anilines is 2. The number of carbonyl (C=O) groups excluding carboxylic acids is 1. The fourth-order valence-corrected chi connectivity index (χ4v) is 3.89. The molecule has 5 aromatic heterocycles. The van der Waals surface area contributed by atoms with Gasteiger partial charge in [0.15, 0.2) is 11.5 Å². The van der Waals surface area contributed by atoms with E-state index in [1.165, 1.54) is 18.6 Å². The Hall–Kier alpha value is -5.01. The van der Waals surface area contributed by atoms with Gasteiger partial charge in [-0.1, -0.05) is 17.0 Å². The van der Waals surface area contributed by atoms with Crippen molar-refractivity contribution in [1.29, 1.82) is 0 Å². The van der Waals surface area contributed by atoms with E-state index in [0.29, 0.717) is 55.8 Å². The number of benzene rings is 1. The van der Waals surface area contributed by atoms with Crippen LogP contribution in [0, 0.1) is 6.92 Å². The lowest BCUT2D eigenvalue weighted by Gasteiger charge is -2.10. The summed E-state index contributed by atoms with van der Waals surface area (Å²) >= 11 is 0. The van der Waals surface area contributed by atoms with Gasteiger partial charge in [0.1, 0.15) is 33.9 Å². The van der Waals surface area contributed by atoms with Crippen LogP contribution in [0.1, 0.15) is 5.82 Å². The van der Waals surface area contributed by atoms with Crippen LogP contribution in [-0.2, 0) is 4.79 Å². The van der Waals surface area contributed by atoms with Crippen molar-refractivity contribution in [3.05, 3.63) is 60.9 Å². The van der Waals surface area contributed by atoms with Crippen molar-refractivity contribution in [2.45, 2.75) is 13.1 Å². The molecule has 0 unspecified atom stereocenters. The summed E-state index contributed by atoms with van der Waals surface area (Å²) in [6.07, 6.45) is -0.514. The molecule has 0 saturated carbocycles. The van der Waals surface area contributed by atoms with E-state index in [1.54, 1.807) is 19.1 Å². The molecule has 5 heterocycles. The summed E-state index contributed by atoms with van der Waals surface area (Å²) in [5.74, 6) is -1.45. The van der Waals surface area contributed by atoms with Crippen LogP contribution >= 0.6 is 0 Å². The van der Waals surface area contributed by atoms with Crippen LogP contribution in [0.25, 0.3) is 39.1 Å². The third kappa shape index (κ3) is 3.46. The van der Waals surface area contributed by atoms with Gasteiger partial charge in [0.2, 0.25) is 0 Å². The maximum Gasteiger partial charge on any atom is 0.493 e. The van der Waals surface area contributed by atoms with Crippen LogP contribution in [0.4, 0.5) is 24.7 Å². The van der Waals surface area contributed by atoms with E-state index in [2.05, 4.69) is 35.2 Å². The number of aromatic nitrogens is 8. The van der Waals surface area contributed by atoms with E-state index in [-0.39, 0.29) is 5.52 Å². The molecule has 0 aliphatic heterocycles. The van der Waals surface area contributed by atoms with Crippen LogP contribution in [0.5, 0.6) is 0 Å². The molecule has 2 N–H and O–H groups in total. The summed E-state index contributed by atoms with van der Waals surface area (Å²) in [6.45, 7) is 1.76. The highest BCUT2D eigenvalue weighted by molar-refractivity contribution is 5.96. The zero-order chi connectivity index (χ0) is 25.0. The summed E-state index contributed by atoms with van der Waals surface area (Å²) < 4.78 is 39.9. The standard InChI is InChI=1S/C22H14F3N9O2/c1-11-29-16(17-19(30-11)27-10-26-17)18-20(32-15-7-2-3-8-33(15)18)31-13-5-4-6-14-12(13)9-28-34(14)36-21(35)22(23,24)25/h2-10,31H,1H3,(H,26,27,29,30). The molecule has 36 heavy (non-hydrogen) atoms. The minimum absolute atomic E-state index is 0.150. The van der Waals surface area contributed by atoms with Gasteiger partial charge in [-0.3, -0.25) is 4.40 Å². The topological polar surface area (TPSA) is 128 Å². The van der Waals surface area contributed by atoms with E-state index in [4.69, 9.17) is 4.98 Å². The average molecular weight is 493 g/mol. The van der Waals surface area contributed by atoms with Gasteiger partial charge < -0.3 is 15.1 Å². The number of carbonyl (C=O) groups is 1. The number of nitrogens with zero attached hydrogens (tertiary/aromatic N) is 7. The molecule has 0 amide bonds. The normalized spacial score (nSPS) is 12.0. The third-order valence-electron chi connectivity index (χ3n) is 5.39. The van der Waals surface area contributed by atoms with Crippen LogP contribution in [0.3, 0.4) is 0 Å². The molecule has 0 aliphatic rings. The highest BCUT2D eigenvalue weighted by atomic mass is 19.4. The number of aromatic amines is 1. The Morgan fingerprint density at radius 3 is 2.81 bits per heavy atom. The molecule has 0 atom stereocenters. The molecule has 0 radical (unpaired) electrons. The predicted molar refractivity (Wildman–Crippen MR) is 121 cm³/mol. The maximum absolute atomic E-state index is 12.7. The van der Waals surface area contributed by atoms with E-state index in [9.17, 15) is 18.0 Å². The number of alkyl halides is 3. The van der Waals surface area contributed by atoms with Gasteiger partial charge in [-0.15, -0.1) is 5.10 Å². The van der Waals surface area contributed by atoms with Crippen molar-refractivity contribution in [3.8, 4) is 11.4 Å². The minimum atomic E-state index is -5.16. The Bertz CT molecular complexity index is 1780. The largest absolute Gasteiger partial charge is 0.493 e. The first-order valence-electron chi connectivity index (χ1n) is 10.5. The quantitative estimate of drug-likeness (QED) is 0.381. The fourth-order valence-electron chi connectivity index (χ4n) is 3.89. The Morgan fingerprint density at radius 1 is 1.11 bits per heavy atom. The fraction of sp³-hybridized carbons (Fsp3) is 0.0909. The van der Waals surface area contributed by atoms with Crippen LogP contribution < -0.4 is 10.2 Å². The number of hydrogen-bond donors (Lipinski definition) is 2. The molecule has 1 aromatic carbocycles. The SMILES string of the molecule is Cc1nc(-c2c(Nc3cccc4c3cnn4OC(=O)C(F)(F)F)nc3ccccn23)c2[nH]cnc2n1. The minimum Gasteiger partial charge on any atom is -0.341 e. The molecule has 6 aromatic rings. The Morgan fingerprint density at radius 2 is 1.97 bits per heavy atom. The third-order valence-corrected chi connectivity index (χ3v) is 5.39. The highest BCUT2D eigenvalue weighted by Crippen LogP contribution is 2.35. The second kappa shape index (κ2) is 7.76. The van der Waals surface area contributed by atoms with Crippen LogP contribution in [0.15, 0.2) is 55.1 Å². The summed E-state index contributed by atoms with van der Waals surface area (Å²) in [4.78, 5) is 37.2. The Labute approximate surface area is 198 Å². The van der Waals surface area contributed by atoms with Gasteiger partial charge in [-0.05, 0) is 31.2 Å².